The summed E-state index contributed by atoms with van der Waals surface area (Å²) in [4.78, 5) is 25.9. The number of carbonyl (C=O) groups is 2. The van der Waals surface area contributed by atoms with Crippen molar-refractivity contribution in [3.8, 4) is 0 Å². The van der Waals surface area contributed by atoms with Crippen LogP contribution in [-0.2, 0) is 22.4 Å². The Balaban J connectivity index is 1.99. The molecule has 0 bridgehead atoms. The summed E-state index contributed by atoms with van der Waals surface area (Å²) in [6.07, 6.45) is 4.91. The van der Waals surface area contributed by atoms with Crippen molar-refractivity contribution >= 4 is 17.5 Å². The van der Waals surface area contributed by atoms with Crippen molar-refractivity contribution in [2.45, 2.75) is 45.1 Å². The molecule has 1 atom stereocenters. The van der Waals surface area contributed by atoms with Crippen molar-refractivity contribution in [1.29, 1.82) is 0 Å². The molecule has 0 aromatic heterocycles. The van der Waals surface area contributed by atoms with Crippen LogP contribution in [0.15, 0.2) is 18.2 Å². The lowest BCUT2D eigenvalue weighted by Crippen LogP contribution is -2.43. The first-order chi connectivity index (χ1) is 9.66. The quantitative estimate of drug-likeness (QED) is 0.847. The molecule has 4 heteroatoms. The summed E-state index contributed by atoms with van der Waals surface area (Å²) >= 11 is 0. The molecule has 1 aromatic carbocycles. The summed E-state index contributed by atoms with van der Waals surface area (Å²) in [5, 5.41) is 2.74. The van der Waals surface area contributed by atoms with Gasteiger partial charge in [-0.25, -0.2) is 0 Å². The minimum atomic E-state index is -0.440. The predicted molar refractivity (Wildman–Crippen MR) is 77.7 cm³/mol. The Hall–Kier alpha value is -1.84. The number of amides is 2. The standard InChI is InChI=1S/C16H20N2O2/c1-11-16(20)18(10-9-15(19)17-11)14-8-4-6-12-5-2-3-7-13(12)14/h4,6,8,11H,2-3,5,7,9-10H2,1H3,(H,17,19). The molecule has 106 valence electrons. The van der Waals surface area contributed by atoms with Crippen molar-refractivity contribution in [3.63, 3.8) is 0 Å². The Morgan fingerprint density at radius 3 is 2.80 bits per heavy atom. The van der Waals surface area contributed by atoms with Crippen LogP contribution in [0.2, 0.25) is 0 Å². The number of carbonyl (C=O) groups excluding carboxylic acids is 2. The van der Waals surface area contributed by atoms with Gasteiger partial charge in [-0.05, 0) is 49.8 Å². The van der Waals surface area contributed by atoms with Crippen molar-refractivity contribution in [3.05, 3.63) is 29.3 Å². The Morgan fingerprint density at radius 1 is 1.15 bits per heavy atom. The van der Waals surface area contributed by atoms with Crippen LogP contribution >= 0.6 is 0 Å². The highest BCUT2D eigenvalue weighted by atomic mass is 16.2. The molecule has 0 spiro atoms. The van der Waals surface area contributed by atoms with Crippen LogP contribution < -0.4 is 10.2 Å². The van der Waals surface area contributed by atoms with E-state index < -0.39 is 6.04 Å². The number of hydrogen-bond donors (Lipinski definition) is 1. The van der Waals surface area contributed by atoms with Gasteiger partial charge in [0.05, 0.1) is 0 Å². The van der Waals surface area contributed by atoms with Gasteiger partial charge in [0, 0.05) is 18.7 Å². The van der Waals surface area contributed by atoms with Crippen molar-refractivity contribution in [2.75, 3.05) is 11.4 Å². The van der Waals surface area contributed by atoms with Gasteiger partial charge in [-0.15, -0.1) is 0 Å². The Labute approximate surface area is 119 Å². The van der Waals surface area contributed by atoms with Gasteiger partial charge in [0.2, 0.25) is 11.8 Å². The molecule has 1 aliphatic carbocycles. The van der Waals surface area contributed by atoms with Gasteiger partial charge < -0.3 is 10.2 Å². The maximum atomic E-state index is 12.5. The van der Waals surface area contributed by atoms with Gasteiger partial charge in [0.1, 0.15) is 6.04 Å². The lowest BCUT2D eigenvalue weighted by molar-refractivity contribution is -0.125. The second-order valence-corrected chi connectivity index (χ2v) is 5.65. The second kappa shape index (κ2) is 5.27. The highest BCUT2D eigenvalue weighted by molar-refractivity contribution is 6.01. The highest BCUT2D eigenvalue weighted by Crippen LogP contribution is 2.31. The van der Waals surface area contributed by atoms with E-state index in [2.05, 4.69) is 11.4 Å². The highest BCUT2D eigenvalue weighted by Gasteiger charge is 2.29. The Kier molecular flexibility index (Phi) is 3.47. The number of nitrogens with one attached hydrogen (secondary N) is 1. The maximum absolute atomic E-state index is 12.5. The fraction of sp³-hybridized carbons (Fsp3) is 0.500. The fourth-order valence-corrected chi connectivity index (χ4v) is 3.19. The minimum Gasteiger partial charge on any atom is -0.345 e. The maximum Gasteiger partial charge on any atom is 0.249 e. The van der Waals surface area contributed by atoms with E-state index in [1.807, 2.05) is 12.1 Å². The lowest BCUT2D eigenvalue weighted by Gasteiger charge is -2.28. The first kappa shape index (κ1) is 13.2. The van der Waals surface area contributed by atoms with Gasteiger partial charge in [-0.2, -0.15) is 0 Å². The zero-order chi connectivity index (χ0) is 14.1. The third-order valence-electron chi connectivity index (χ3n) is 4.24. The molecule has 2 aliphatic rings. The topological polar surface area (TPSA) is 49.4 Å². The largest absolute Gasteiger partial charge is 0.345 e. The number of hydrogen-bond acceptors (Lipinski definition) is 2. The molecule has 20 heavy (non-hydrogen) atoms. The van der Waals surface area contributed by atoms with Crippen molar-refractivity contribution in [1.82, 2.24) is 5.32 Å². The predicted octanol–water partition coefficient (Wildman–Crippen LogP) is 1.81. The smallest absolute Gasteiger partial charge is 0.249 e. The zero-order valence-electron chi connectivity index (χ0n) is 11.8. The molecule has 1 aromatic rings. The molecular weight excluding hydrogens is 252 g/mol. The van der Waals surface area contributed by atoms with Gasteiger partial charge in [-0.3, -0.25) is 9.59 Å². The van der Waals surface area contributed by atoms with Gasteiger partial charge in [0.25, 0.3) is 0 Å². The van der Waals surface area contributed by atoms with Crippen LogP contribution in [0.25, 0.3) is 0 Å². The molecule has 0 radical (unpaired) electrons. The van der Waals surface area contributed by atoms with E-state index in [4.69, 9.17) is 0 Å². The van der Waals surface area contributed by atoms with Gasteiger partial charge >= 0.3 is 0 Å². The summed E-state index contributed by atoms with van der Waals surface area (Å²) in [7, 11) is 0. The molecule has 1 heterocycles. The molecule has 0 saturated carbocycles. The molecule has 1 fully saturated rings. The summed E-state index contributed by atoms with van der Waals surface area (Å²) in [5.41, 5.74) is 3.67. The zero-order valence-corrected chi connectivity index (χ0v) is 11.8. The molecule has 1 unspecified atom stereocenters. The van der Waals surface area contributed by atoms with Crippen molar-refractivity contribution in [2.24, 2.45) is 0 Å². The third-order valence-corrected chi connectivity index (χ3v) is 4.24. The Bertz CT molecular complexity index is 553. The van der Waals surface area contributed by atoms with Crippen LogP contribution in [0.3, 0.4) is 0 Å². The molecule has 4 nitrogen and oxygen atoms in total. The van der Waals surface area contributed by atoms with E-state index in [0.29, 0.717) is 13.0 Å². The number of aryl methyl sites for hydroxylation is 1. The number of anilines is 1. The van der Waals surface area contributed by atoms with Crippen LogP contribution in [0.4, 0.5) is 5.69 Å². The summed E-state index contributed by atoms with van der Waals surface area (Å²) in [6, 6.07) is 5.76. The molecular formula is C16H20N2O2. The SMILES string of the molecule is CC1NC(=O)CCN(c2cccc3c2CCCC3)C1=O. The normalized spacial score (nSPS) is 23.1. The third kappa shape index (κ3) is 2.30. The second-order valence-electron chi connectivity index (χ2n) is 5.65. The molecule has 1 aliphatic heterocycles. The first-order valence-corrected chi connectivity index (χ1v) is 7.38. The fourth-order valence-electron chi connectivity index (χ4n) is 3.19. The van der Waals surface area contributed by atoms with E-state index in [1.54, 1.807) is 11.8 Å². The first-order valence-electron chi connectivity index (χ1n) is 7.38. The van der Waals surface area contributed by atoms with Crippen LogP contribution in [0.1, 0.15) is 37.3 Å². The van der Waals surface area contributed by atoms with E-state index in [1.165, 1.54) is 24.0 Å². The molecule has 2 amide bonds. The van der Waals surface area contributed by atoms with E-state index >= 15 is 0 Å². The number of fused-ring (bicyclic) bond motifs is 1. The van der Waals surface area contributed by atoms with Crippen LogP contribution in [0.5, 0.6) is 0 Å². The molecule has 1 saturated heterocycles. The average molecular weight is 272 g/mol. The van der Waals surface area contributed by atoms with Gasteiger partial charge in [0.15, 0.2) is 0 Å². The Morgan fingerprint density at radius 2 is 1.95 bits per heavy atom. The van der Waals surface area contributed by atoms with E-state index in [-0.39, 0.29) is 11.8 Å². The average Bonchev–Trinajstić information content (AvgIpc) is 2.58. The summed E-state index contributed by atoms with van der Waals surface area (Å²) in [6.45, 7) is 2.24. The number of rotatable bonds is 1. The molecule has 3 rings (SSSR count). The summed E-state index contributed by atoms with van der Waals surface area (Å²) in [5.74, 6) is -0.0482. The lowest BCUT2D eigenvalue weighted by atomic mass is 9.90. The van der Waals surface area contributed by atoms with Crippen molar-refractivity contribution < 1.29 is 9.59 Å². The van der Waals surface area contributed by atoms with E-state index in [9.17, 15) is 9.59 Å². The van der Waals surface area contributed by atoms with Gasteiger partial charge in [-0.1, -0.05) is 12.1 Å². The molecule has 1 N–H and O–H groups in total. The summed E-state index contributed by atoms with van der Waals surface area (Å²) < 4.78 is 0. The van der Waals surface area contributed by atoms with E-state index in [0.717, 1.165) is 18.5 Å². The van der Waals surface area contributed by atoms with Crippen LogP contribution in [0, 0.1) is 0 Å². The number of benzene rings is 1. The van der Waals surface area contributed by atoms with Crippen LogP contribution in [-0.4, -0.2) is 24.4 Å². The monoisotopic (exact) mass is 272 g/mol. The minimum absolute atomic E-state index is 0.00479. The number of nitrogens with zero attached hydrogens (tertiary/aromatic N) is 1.